The second-order valence-corrected chi connectivity index (χ2v) is 6.98. The number of aromatic amines is 2. The van der Waals surface area contributed by atoms with Gasteiger partial charge in [0, 0.05) is 12.4 Å². The van der Waals surface area contributed by atoms with Crippen molar-refractivity contribution in [2.75, 3.05) is 0 Å². The Morgan fingerprint density at radius 3 is 1.40 bits per heavy atom. The van der Waals surface area contributed by atoms with Crippen LogP contribution in [0.15, 0.2) is 92.2 Å². The molecular formula is C23H15N3O4. The second kappa shape index (κ2) is 6.66. The van der Waals surface area contributed by atoms with Crippen LogP contribution in [0.2, 0.25) is 0 Å². The molecule has 0 bridgehead atoms. The van der Waals surface area contributed by atoms with Crippen LogP contribution in [-0.4, -0.2) is 14.5 Å². The largest absolute Gasteiger partial charge is 0.355 e. The normalized spacial score (nSPS) is 11.5. The number of H-pyrrole nitrogens is 2. The molecule has 0 amide bonds. The Morgan fingerprint density at radius 2 is 1.00 bits per heavy atom. The second-order valence-electron chi connectivity index (χ2n) is 6.98. The van der Waals surface area contributed by atoms with Gasteiger partial charge < -0.3 is 9.97 Å². The molecule has 7 heteroatoms. The highest BCUT2D eigenvalue weighted by atomic mass is 16.2. The van der Waals surface area contributed by atoms with Gasteiger partial charge in [-0.15, -0.1) is 0 Å². The third kappa shape index (κ3) is 2.45. The third-order valence-corrected chi connectivity index (χ3v) is 5.30. The van der Waals surface area contributed by atoms with Gasteiger partial charge in [0.25, 0.3) is 11.1 Å². The van der Waals surface area contributed by atoms with Gasteiger partial charge in [0.15, 0.2) is 0 Å². The maximum absolute atomic E-state index is 13.4. The number of nitrogens with one attached hydrogen (secondary N) is 2. The maximum atomic E-state index is 13.4. The van der Waals surface area contributed by atoms with Crippen LogP contribution >= 0.6 is 0 Å². The molecule has 0 aliphatic heterocycles. The van der Waals surface area contributed by atoms with Crippen LogP contribution in [0, 0.1) is 0 Å². The van der Waals surface area contributed by atoms with Gasteiger partial charge in [-0.2, -0.15) is 0 Å². The lowest BCUT2D eigenvalue weighted by atomic mass is 9.98. The van der Waals surface area contributed by atoms with Gasteiger partial charge in [-0.05, 0) is 11.1 Å². The van der Waals surface area contributed by atoms with E-state index in [2.05, 4.69) is 9.97 Å². The van der Waals surface area contributed by atoms with Gasteiger partial charge in [0.1, 0.15) is 21.8 Å². The predicted octanol–water partition coefficient (Wildman–Crippen LogP) is 1.97. The summed E-state index contributed by atoms with van der Waals surface area (Å²) in [5.74, 6) is 0. The molecule has 0 aliphatic rings. The molecule has 0 saturated heterocycles. The molecule has 0 radical (unpaired) electrons. The number of benzene rings is 3. The first-order chi connectivity index (χ1) is 14.6. The van der Waals surface area contributed by atoms with E-state index >= 15 is 0 Å². The Kier molecular flexibility index (Phi) is 3.96. The Hall–Kier alpha value is -4.26. The van der Waals surface area contributed by atoms with Gasteiger partial charge in [-0.1, -0.05) is 60.7 Å². The molecule has 2 N–H and O–H groups in total. The Bertz CT molecular complexity index is 1500. The molecule has 7 nitrogen and oxygen atoms in total. The predicted molar refractivity (Wildman–Crippen MR) is 115 cm³/mol. The van der Waals surface area contributed by atoms with Gasteiger partial charge in [0.2, 0.25) is 10.9 Å². The third-order valence-electron chi connectivity index (χ3n) is 5.30. The van der Waals surface area contributed by atoms with Crippen molar-refractivity contribution in [1.29, 1.82) is 0 Å². The fourth-order valence-corrected chi connectivity index (χ4v) is 3.97. The average Bonchev–Trinajstić information content (AvgIpc) is 3.05. The van der Waals surface area contributed by atoms with E-state index in [9.17, 15) is 19.2 Å². The van der Waals surface area contributed by atoms with Crippen LogP contribution in [-0.2, 0) is 0 Å². The minimum absolute atomic E-state index is 0.0276. The monoisotopic (exact) mass is 397 g/mol. The Morgan fingerprint density at radius 1 is 0.600 bits per heavy atom. The van der Waals surface area contributed by atoms with Crippen molar-refractivity contribution in [1.82, 2.24) is 14.5 Å². The zero-order chi connectivity index (χ0) is 20.8. The first kappa shape index (κ1) is 17.8. The van der Waals surface area contributed by atoms with Crippen LogP contribution in [0.1, 0.15) is 17.2 Å². The topological polar surface area (TPSA) is 105 Å². The van der Waals surface area contributed by atoms with E-state index in [0.29, 0.717) is 11.1 Å². The van der Waals surface area contributed by atoms with Crippen LogP contribution in [0.3, 0.4) is 0 Å². The number of fused-ring (bicyclic) bond motifs is 2. The summed E-state index contributed by atoms with van der Waals surface area (Å²) in [4.78, 5) is 58.1. The molecule has 2 aromatic heterocycles. The van der Waals surface area contributed by atoms with Gasteiger partial charge >= 0.3 is 0 Å². The molecule has 0 aliphatic carbocycles. The zero-order valence-electron chi connectivity index (χ0n) is 15.6. The minimum Gasteiger partial charge on any atom is -0.355 e. The van der Waals surface area contributed by atoms with Crippen molar-refractivity contribution in [2.24, 2.45) is 0 Å². The summed E-state index contributed by atoms with van der Waals surface area (Å²) in [7, 11) is 0. The average molecular weight is 397 g/mol. The van der Waals surface area contributed by atoms with Crippen molar-refractivity contribution in [3.05, 3.63) is 125 Å². The smallest absolute Gasteiger partial charge is 0.266 e. The number of nitrogens with zero attached hydrogens (tertiary/aromatic N) is 1. The zero-order valence-corrected chi connectivity index (χ0v) is 15.6. The molecule has 0 unspecified atom stereocenters. The van der Waals surface area contributed by atoms with Gasteiger partial charge in [0.05, 0.1) is 6.04 Å². The first-order valence-electron chi connectivity index (χ1n) is 9.33. The molecule has 0 atom stereocenters. The summed E-state index contributed by atoms with van der Waals surface area (Å²) < 4.78 is 1.01. The highest BCUT2D eigenvalue weighted by Gasteiger charge is 2.28. The van der Waals surface area contributed by atoms with Crippen LogP contribution < -0.4 is 22.0 Å². The molecule has 2 heterocycles. The Balaban J connectivity index is 1.96. The highest BCUT2D eigenvalue weighted by Crippen LogP contribution is 2.24. The van der Waals surface area contributed by atoms with E-state index in [-0.39, 0.29) is 21.8 Å². The van der Waals surface area contributed by atoms with Crippen molar-refractivity contribution >= 4 is 21.8 Å². The summed E-state index contributed by atoms with van der Waals surface area (Å²) in [6.07, 6.45) is 2.90. The molecule has 30 heavy (non-hydrogen) atoms. The van der Waals surface area contributed by atoms with E-state index in [1.807, 2.05) is 12.1 Å². The van der Waals surface area contributed by atoms with E-state index in [0.717, 1.165) is 4.57 Å². The van der Waals surface area contributed by atoms with Gasteiger partial charge in [-0.25, -0.2) is 0 Å². The van der Waals surface area contributed by atoms with E-state index in [1.54, 1.807) is 48.5 Å². The number of hydrogen-bond donors (Lipinski definition) is 2. The van der Waals surface area contributed by atoms with E-state index in [4.69, 9.17) is 0 Å². The van der Waals surface area contributed by atoms with Crippen molar-refractivity contribution < 1.29 is 0 Å². The lowest BCUT2D eigenvalue weighted by molar-refractivity contribution is 0.645. The summed E-state index contributed by atoms with van der Waals surface area (Å²) in [5.41, 5.74) is -1.54. The SMILES string of the molecule is O=c1c2[nH]cc[nH]c2c(=O)c2c(=O)n(C(c3ccccc3)c3ccccc3)c(=O)c12. The summed E-state index contributed by atoms with van der Waals surface area (Å²) in [6, 6.07) is 17.3. The molecule has 5 aromatic rings. The minimum atomic E-state index is -0.769. The van der Waals surface area contributed by atoms with Crippen LogP contribution in [0.5, 0.6) is 0 Å². The standard InChI is InChI=1S/C23H15N3O4/c27-20-15-16(21(28)18-17(20)24-11-12-25-18)23(30)26(22(15)29)19(13-7-3-1-4-8-13)14-9-5-2-6-10-14/h1-12,19,24-25H. The van der Waals surface area contributed by atoms with Crippen LogP contribution in [0.4, 0.5) is 0 Å². The molecule has 3 aromatic carbocycles. The Labute approximate surface area is 168 Å². The fraction of sp³-hybridized carbons (Fsp3) is 0.0435. The van der Waals surface area contributed by atoms with Crippen molar-refractivity contribution in [3.63, 3.8) is 0 Å². The van der Waals surface area contributed by atoms with E-state index in [1.165, 1.54) is 12.4 Å². The quantitative estimate of drug-likeness (QED) is 0.486. The first-order valence-corrected chi connectivity index (χ1v) is 9.33. The van der Waals surface area contributed by atoms with Crippen molar-refractivity contribution in [3.8, 4) is 0 Å². The molecule has 0 spiro atoms. The maximum Gasteiger partial charge on any atom is 0.266 e. The number of rotatable bonds is 3. The molecule has 0 saturated carbocycles. The van der Waals surface area contributed by atoms with Crippen LogP contribution in [0.25, 0.3) is 21.8 Å². The fourth-order valence-electron chi connectivity index (χ4n) is 3.97. The van der Waals surface area contributed by atoms with Crippen molar-refractivity contribution in [2.45, 2.75) is 6.04 Å². The lowest BCUT2D eigenvalue weighted by Gasteiger charge is -2.18. The molecule has 0 fully saturated rings. The number of aromatic nitrogens is 3. The van der Waals surface area contributed by atoms with E-state index < -0.39 is 28.0 Å². The highest BCUT2D eigenvalue weighted by molar-refractivity contribution is 5.94. The molecule has 146 valence electrons. The number of hydrogen-bond acceptors (Lipinski definition) is 4. The lowest BCUT2D eigenvalue weighted by Crippen LogP contribution is -2.32. The molecular weight excluding hydrogens is 382 g/mol. The van der Waals surface area contributed by atoms with Gasteiger partial charge in [-0.3, -0.25) is 23.7 Å². The summed E-state index contributed by atoms with van der Waals surface area (Å²) >= 11 is 0. The molecule has 5 rings (SSSR count). The summed E-state index contributed by atoms with van der Waals surface area (Å²) in [5, 5.41) is -0.768. The summed E-state index contributed by atoms with van der Waals surface area (Å²) in [6.45, 7) is 0.